The van der Waals surface area contributed by atoms with Crippen LogP contribution in [0.25, 0.3) is 0 Å². The molecule has 3 heterocycles. The lowest BCUT2D eigenvalue weighted by atomic mass is 9.94. The average molecular weight is 351 g/mol. The van der Waals surface area contributed by atoms with E-state index in [-0.39, 0.29) is 30.3 Å². The zero-order valence-corrected chi connectivity index (χ0v) is 14.5. The molecular formula is C18H26FN3O3. The first-order chi connectivity index (χ1) is 12.1. The van der Waals surface area contributed by atoms with Crippen LogP contribution in [-0.2, 0) is 16.0 Å². The summed E-state index contributed by atoms with van der Waals surface area (Å²) in [7, 11) is 2.11. The smallest absolute Gasteiger partial charge is 0.176 e. The minimum atomic E-state index is -0.560. The Morgan fingerprint density at radius 2 is 1.92 bits per heavy atom. The molecule has 25 heavy (non-hydrogen) atoms. The van der Waals surface area contributed by atoms with Gasteiger partial charge in [0.1, 0.15) is 11.9 Å². The number of fused-ring (bicyclic) bond motifs is 2. The highest BCUT2D eigenvalue weighted by Crippen LogP contribution is 2.32. The summed E-state index contributed by atoms with van der Waals surface area (Å²) in [5.41, 5.74) is 0.978. The Hall–Kier alpha value is -1.09. The molecule has 3 aliphatic rings. The molecular weight excluding hydrogens is 325 g/mol. The number of hydrogen-bond acceptors (Lipinski definition) is 6. The number of rotatable bonds is 4. The van der Waals surface area contributed by atoms with E-state index in [0.717, 1.165) is 31.7 Å². The lowest BCUT2D eigenvalue weighted by molar-refractivity contribution is -0.186. The van der Waals surface area contributed by atoms with Gasteiger partial charge in [-0.15, -0.1) is 0 Å². The number of aliphatic hydroxyl groups excluding tert-OH is 1. The van der Waals surface area contributed by atoms with Gasteiger partial charge >= 0.3 is 0 Å². The van der Waals surface area contributed by atoms with E-state index < -0.39 is 6.10 Å². The predicted molar refractivity (Wildman–Crippen MR) is 90.5 cm³/mol. The molecule has 138 valence electrons. The number of benzene rings is 1. The number of nitrogens with zero attached hydrogens (tertiary/aromatic N) is 2. The Bertz CT molecular complexity index is 579. The normalized spacial score (nSPS) is 36.7. The zero-order chi connectivity index (χ0) is 17.4. The minimum absolute atomic E-state index is 0.149. The van der Waals surface area contributed by atoms with Gasteiger partial charge in [0, 0.05) is 32.7 Å². The van der Waals surface area contributed by atoms with E-state index in [1.165, 1.54) is 12.1 Å². The highest BCUT2D eigenvalue weighted by Gasteiger charge is 2.52. The van der Waals surface area contributed by atoms with E-state index in [4.69, 9.17) is 9.47 Å². The lowest BCUT2D eigenvalue weighted by Crippen LogP contribution is -2.66. The van der Waals surface area contributed by atoms with Crippen molar-refractivity contribution in [1.29, 1.82) is 0 Å². The lowest BCUT2D eigenvalue weighted by Gasteiger charge is -2.46. The van der Waals surface area contributed by atoms with Gasteiger partial charge in [-0.1, -0.05) is 12.1 Å². The Morgan fingerprint density at radius 1 is 1.20 bits per heavy atom. The van der Waals surface area contributed by atoms with E-state index >= 15 is 0 Å². The fourth-order valence-electron chi connectivity index (χ4n) is 4.00. The fraction of sp³-hybridized carbons (Fsp3) is 0.667. The molecule has 2 N–H and O–H groups in total. The second-order valence-electron chi connectivity index (χ2n) is 7.23. The second-order valence-corrected chi connectivity index (χ2v) is 7.23. The molecule has 3 saturated heterocycles. The van der Waals surface area contributed by atoms with Gasteiger partial charge in [-0.2, -0.15) is 0 Å². The van der Waals surface area contributed by atoms with Crippen molar-refractivity contribution in [2.24, 2.45) is 0 Å². The van der Waals surface area contributed by atoms with Gasteiger partial charge in [-0.05, 0) is 24.7 Å². The predicted octanol–water partition coefficient (Wildman–Crippen LogP) is 0.0159. The molecule has 6 nitrogen and oxygen atoms in total. The van der Waals surface area contributed by atoms with E-state index in [2.05, 4.69) is 22.2 Å². The van der Waals surface area contributed by atoms with E-state index in [0.29, 0.717) is 13.2 Å². The maximum Gasteiger partial charge on any atom is 0.176 e. The van der Waals surface area contributed by atoms with Gasteiger partial charge in [0.05, 0.1) is 24.8 Å². The molecule has 4 rings (SSSR count). The van der Waals surface area contributed by atoms with Crippen LogP contribution in [0.2, 0.25) is 0 Å². The summed E-state index contributed by atoms with van der Waals surface area (Å²) in [4.78, 5) is 4.57. The van der Waals surface area contributed by atoms with E-state index in [1.807, 2.05) is 0 Å². The molecule has 0 radical (unpaired) electrons. The Kier molecular flexibility index (Phi) is 5.04. The van der Waals surface area contributed by atoms with Crippen LogP contribution >= 0.6 is 0 Å². The first-order valence-electron chi connectivity index (χ1n) is 8.97. The molecule has 0 amide bonds. The van der Waals surface area contributed by atoms with Crippen molar-refractivity contribution in [2.75, 3.05) is 39.8 Å². The Morgan fingerprint density at radius 3 is 2.64 bits per heavy atom. The summed E-state index contributed by atoms with van der Waals surface area (Å²) in [5.74, 6) is -0.244. The number of piperazine rings is 1. The van der Waals surface area contributed by atoms with Crippen molar-refractivity contribution in [2.45, 2.75) is 37.1 Å². The van der Waals surface area contributed by atoms with Crippen LogP contribution in [0, 0.1) is 5.82 Å². The molecule has 0 aromatic heterocycles. The quantitative estimate of drug-likeness (QED) is 0.798. The summed E-state index contributed by atoms with van der Waals surface area (Å²) in [5, 5.41) is 14.4. The molecule has 3 fully saturated rings. The molecule has 0 spiro atoms. The van der Waals surface area contributed by atoms with Crippen molar-refractivity contribution >= 4 is 0 Å². The van der Waals surface area contributed by atoms with Crippen LogP contribution in [0.3, 0.4) is 0 Å². The molecule has 5 unspecified atom stereocenters. The third-order valence-electron chi connectivity index (χ3n) is 5.55. The number of aliphatic hydroxyl groups is 1. The van der Waals surface area contributed by atoms with E-state index in [1.54, 1.807) is 12.1 Å². The van der Waals surface area contributed by atoms with Gasteiger partial charge in [0.2, 0.25) is 0 Å². The maximum absolute atomic E-state index is 13.0. The Balaban J connectivity index is 1.43. The molecule has 1 aromatic rings. The van der Waals surface area contributed by atoms with Crippen LogP contribution in [0.15, 0.2) is 24.3 Å². The second kappa shape index (κ2) is 7.26. The molecule has 3 aliphatic heterocycles. The number of nitrogens with one attached hydrogen (secondary N) is 1. The number of hydrogen-bond donors (Lipinski definition) is 2. The molecule has 7 heteroatoms. The summed E-state index contributed by atoms with van der Waals surface area (Å²) in [6, 6.07) is 6.06. The topological polar surface area (TPSA) is 57.2 Å². The summed E-state index contributed by atoms with van der Waals surface area (Å²) in [6.07, 6.45) is -1.06. The van der Waals surface area contributed by atoms with Crippen molar-refractivity contribution in [1.82, 2.24) is 15.1 Å². The third-order valence-corrected chi connectivity index (χ3v) is 5.55. The number of halogens is 1. The standard InChI is InChI=1S/C18H26FN3O3/c1-21-6-8-22(9-7-21)16-17(23)15(14-11-24-18(16)25-14)20-10-12-2-4-13(19)5-3-12/h2-5,14-18,20,23H,6-11H2,1H3. The zero-order valence-electron chi connectivity index (χ0n) is 14.5. The SMILES string of the molecule is CN1CCN(C2C3OCC(O3)C(NCc3ccc(F)cc3)C2O)CC1. The fourth-order valence-corrected chi connectivity index (χ4v) is 4.00. The van der Waals surface area contributed by atoms with E-state index in [9.17, 15) is 9.50 Å². The van der Waals surface area contributed by atoms with Crippen LogP contribution < -0.4 is 5.32 Å². The summed E-state index contributed by atoms with van der Waals surface area (Å²) >= 11 is 0. The molecule has 0 aliphatic carbocycles. The van der Waals surface area contributed by atoms with Crippen molar-refractivity contribution in [3.8, 4) is 0 Å². The van der Waals surface area contributed by atoms with Gasteiger partial charge in [-0.3, -0.25) is 4.90 Å². The third kappa shape index (κ3) is 3.58. The Labute approximate surface area is 147 Å². The minimum Gasteiger partial charge on any atom is -0.390 e. The maximum atomic E-state index is 13.0. The molecule has 0 saturated carbocycles. The van der Waals surface area contributed by atoms with Gasteiger partial charge in [-0.25, -0.2) is 4.39 Å². The highest BCUT2D eigenvalue weighted by atomic mass is 19.1. The van der Waals surface area contributed by atoms with Crippen LogP contribution in [0.4, 0.5) is 4.39 Å². The van der Waals surface area contributed by atoms with Gasteiger partial charge in [0.15, 0.2) is 6.29 Å². The summed E-state index contributed by atoms with van der Waals surface area (Å²) in [6.45, 7) is 4.81. The first kappa shape index (κ1) is 17.3. The van der Waals surface area contributed by atoms with Crippen molar-refractivity contribution < 1.29 is 19.0 Å². The largest absolute Gasteiger partial charge is 0.390 e. The average Bonchev–Trinajstić information content (AvgIpc) is 3.03. The number of ether oxygens (including phenoxy) is 2. The monoisotopic (exact) mass is 351 g/mol. The van der Waals surface area contributed by atoms with Crippen LogP contribution in [-0.4, -0.2) is 85.3 Å². The number of likely N-dealkylation sites (N-methyl/N-ethyl adjacent to an activating group) is 1. The molecule has 2 bridgehead atoms. The van der Waals surface area contributed by atoms with Crippen molar-refractivity contribution in [3.63, 3.8) is 0 Å². The highest BCUT2D eigenvalue weighted by molar-refractivity contribution is 5.16. The first-order valence-corrected chi connectivity index (χ1v) is 8.97. The van der Waals surface area contributed by atoms with Crippen LogP contribution in [0.1, 0.15) is 5.56 Å². The summed E-state index contributed by atoms with van der Waals surface area (Å²) < 4.78 is 24.9. The van der Waals surface area contributed by atoms with Crippen molar-refractivity contribution in [3.05, 3.63) is 35.6 Å². The van der Waals surface area contributed by atoms with Crippen LogP contribution in [0.5, 0.6) is 0 Å². The molecule has 5 atom stereocenters. The van der Waals surface area contributed by atoms with Gasteiger partial charge in [0.25, 0.3) is 0 Å². The van der Waals surface area contributed by atoms with Gasteiger partial charge < -0.3 is 24.8 Å². The molecule has 1 aromatic carbocycles.